The molecule has 0 saturated carbocycles. The number of benzene rings is 3. The largest absolute Gasteiger partial charge is 0.489 e. The molecule has 3 aromatic carbocycles. The van der Waals surface area contributed by atoms with Crippen molar-refractivity contribution in [2.75, 3.05) is 4.90 Å². The molecule has 0 spiro atoms. The number of nitrogens with zero attached hydrogens (tertiary/aromatic N) is 1. The fourth-order valence-electron chi connectivity index (χ4n) is 4.55. The van der Waals surface area contributed by atoms with Gasteiger partial charge in [0.1, 0.15) is 12.4 Å². The van der Waals surface area contributed by atoms with Crippen LogP contribution in [-0.4, -0.2) is 23.2 Å². The average Bonchev–Trinajstić information content (AvgIpc) is 2.79. The van der Waals surface area contributed by atoms with Gasteiger partial charge in [0.05, 0.1) is 5.56 Å². The third-order valence-corrected chi connectivity index (χ3v) is 5.96. The minimum atomic E-state index is -0.930. The molecular formula is C29H35NO3. The molecule has 4 heteroatoms. The van der Waals surface area contributed by atoms with E-state index in [1.54, 1.807) is 18.2 Å². The molecule has 0 heterocycles. The van der Waals surface area contributed by atoms with Crippen molar-refractivity contribution in [1.82, 2.24) is 0 Å². The number of hydrogen-bond donors (Lipinski definition) is 1. The molecule has 0 aliphatic heterocycles. The first-order chi connectivity index (χ1) is 15.8. The number of carboxylic acid groups (broad SMARTS) is 1. The molecule has 0 radical (unpaired) electrons. The van der Waals surface area contributed by atoms with Crippen molar-refractivity contribution in [1.29, 1.82) is 0 Å². The van der Waals surface area contributed by atoms with Crippen LogP contribution in [0.4, 0.5) is 5.69 Å². The predicted molar refractivity (Wildman–Crippen MR) is 136 cm³/mol. The maximum atomic E-state index is 11.7. The Morgan fingerprint density at radius 3 is 2.21 bits per heavy atom. The van der Waals surface area contributed by atoms with E-state index in [2.05, 4.69) is 63.8 Å². The molecule has 1 atom stereocenters. The molecule has 33 heavy (non-hydrogen) atoms. The summed E-state index contributed by atoms with van der Waals surface area (Å²) >= 11 is 0. The van der Waals surface area contributed by atoms with Crippen LogP contribution in [0.1, 0.15) is 74.0 Å². The Balaban J connectivity index is 2.02. The van der Waals surface area contributed by atoms with Crippen LogP contribution in [0.5, 0.6) is 5.75 Å². The van der Waals surface area contributed by atoms with Crippen molar-refractivity contribution in [3.63, 3.8) is 0 Å². The molecule has 174 valence electrons. The van der Waals surface area contributed by atoms with Crippen LogP contribution in [0.15, 0.2) is 72.8 Å². The molecule has 0 bridgehead atoms. The van der Waals surface area contributed by atoms with E-state index in [0.717, 1.165) is 28.9 Å². The first-order valence-electron chi connectivity index (χ1n) is 11.7. The Hall–Kier alpha value is -3.27. The van der Waals surface area contributed by atoms with E-state index >= 15 is 0 Å². The van der Waals surface area contributed by atoms with Crippen LogP contribution < -0.4 is 9.64 Å². The first kappa shape index (κ1) is 24.4. The average molecular weight is 446 g/mol. The summed E-state index contributed by atoms with van der Waals surface area (Å²) in [4.78, 5) is 14.1. The summed E-state index contributed by atoms with van der Waals surface area (Å²) in [5.74, 6) is -0.179. The molecule has 3 rings (SSSR count). The molecular weight excluding hydrogens is 410 g/mol. The fraction of sp³-hybridized carbons (Fsp3) is 0.345. The number of ether oxygens (including phenoxy) is 1. The highest BCUT2D eigenvalue weighted by Gasteiger charge is 2.21. The van der Waals surface area contributed by atoms with Gasteiger partial charge in [-0.05, 0) is 75.6 Å². The van der Waals surface area contributed by atoms with Gasteiger partial charge in [0.25, 0.3) is 0 Å². The second-order valence-electron chi connectivity index (χ2n) is 8.98. The van der Waals surface area contributed by atoms with Crippen LogP contribution in [-0.2, 0) is 6.61 Å². The molecule has 0 aliphatic carbocycles. The number of anilines is 1. The normalized spacial score (nSPS) is 12.1. The monoisotopic (exact) mass is 445 g/mol. The second kappa shape index (κ2) is 11.0. The maximum Gasteiger partial charge on any atom is 0.335 e. The lowest BCUT2D eigenvalue weighted by molar-refractivity contribution is 0.0696. The Labute approximate surface area is 197 Å². The van der Waals surface area contributed by atoms with E-state index in [4.69, 9.17) is 4.74 Å². The molecule has 3 aromatic rings. The van der Waals surface area contributed by atoms with Gasteiger partial charge < -0.3 is 14.7 Å². The van der Waals surface area contributed by atoms with E-state index in [0.29, 0.717) is 18.7 Å². The smallest absolute Gasteiger partial charge is 0.335 e. The summed E-state index contributed by atoms with van der Waals surface area (Å²) in [5.41, 5.74) is 4.60. The summed E-state index contributed by atoms with van der Waals surface area (Å²) < 4.78 is 6.21. The minimum Gasteiger partial charge on any atom is -0.489 e. The predicted octanol–water partition coefficient (Wildman–Crippen LogP) is 7.13. The fourth-order valence-corrected chi connectivity index (χ4v) is 4.55. The molecule has 1 N–H and O–H groups in total. The van der Waals surface area contributed by atoms with Gasteiger partial charge in [-0.1, -0.05) is 49.4 Å². The van der Waals surface area contributed by atoms with Crippen LogP contribution in [0.2, 0.25) is 0 Å². The lowest BCUT2D eigenvalue weighted by Gasteiger charge is -2.34. The van der Waals surface area contributed by atoms with Crippen LogP contribution >= 0.6 is 0 Å². The second-order valence-corrected chi connectivity index (χ2v) is 8.98. The quantitative estimate of drug-likeness (QED) is 0.361. The number of aromatic carboxylic acids is 1. The maximum absolute atomic E-state index is 11.7. The molecule has 0 fully saturated rings. The Morgan fingerprint density at radius 2 is 1.61 bits per heavy atom. The van der Waals surface area contributed by atoms with Gasteiger partial charge in [-0.15, -0.1) is 0 Å². The molecule has 0 saturated heterocycles. The van der Waals surface area contributed by atoms with Crippen molar-refractivity contribution in [3.8, 4) is 5.75 Å². The van der Waals surface area contributed by atoms with Gasteiger partial charge in [-0.2, -0.15) is 0 Å². The highest BCUT2D eigenvalue weighted by molar-refractivity contribution is 5.88. The first-order valence-corrected chi connectivity index (χ1v) is 11.7. The van der Waals surface area contributed by atoms with Crippen molar-refractivity contribution >= 4 is 11.7 Å². The summed E-state index contributed by atoms with van der Waals surface area (Å²) in [5, 5.41) is 9.62. The van der Waals surface area contributed by atoms with Gasteiger partial charge in [0.15, 0.2) is 0 Å². The Bertz CT molecular complexity index is 1050. The summed E-state index contributed by atoms with van der Waals surface area (Å²) in [6.45, 7) is 11.4. The highest BCUT2D eigenvalue weighted by Crippen LogP contribution is 2.37. The van der Waals surface area contributed by atoms with Crippen LogP contribution in [0.25, 0.3) is 0 Å². The van der Waals surface area contributed by atoms with E-state index in [-0.39, 0.29) is 11.5 Å². The van der Waals surface area contributed by atoms with Crippen LogP contribution in [0.3, 0.4) is 0 Å². The summed E-state index contributed by atoms with van der Waals surface area (Å²) in [7, 11) is 0. The van der Waals surface area contributed by atoms with Crippen LogP contribution in [0, 0.1) is 0 Å². The third-order valence-electron chi connectivity index (χ3n) is 5.96. The lowest BCUT2D eigenvalue weighted by atomic mass is 9.87. The van der Waals surface area contributed by atoms with E-state index in [9.17, 15) is 9.90 Å². The zero-order chi connectivity index (χ0) is 24.0. The van der Waals surface area contributed by atoms with Gasteiger partial charge in [-0.3, -0.25) is 0 Å². The van der Waals surface area contributed by atoms with Gasteiger partial charge in [0.2, 0.25) is 0 Å². The molecule has 1 unspecified atom stereocenters. The SMILES string of the molecule is CCC(c1cccc(N(C(C)C)C(C)C)c1)c1cc(C(=O)O)ccc1OCc1ccccc1. The van der Waals surface area contributed by atoms with Gasteiger partial charge in [0, 0.05) is 29.3 Å². The van der Waals surface area contributed by atoms with E-state index in [1.807, 2.05) is 30.3 Å². The Morgan fingerprint density at radius 1 is 0.909 bits per heavy atom. The number of hydrogen-bond acceptors (Lipinski definition) is 3. The van der Waals surface area contributed by atoms with Gasteiger partial charge in [-0.25, -0.2) is 4.79 Å². The molecule has 4 nitrogen and oxygen atoms in total. The van der Waals surface area contributed by atoms with Crippen molar-refractivity contribution in [2.45, 2.75) is 65.6 Å². The topological polar surface area (TPSA) is 49.8 Å². The van der Waals surface area contributed by atoms with Gasteiger partial charge >= 0.3 is 5.97 Å². The van der Waals surface area contributed by atoms with Crippen molar-refractivity contribution in [3.05, 3.63) is 95.1 Å². The molecule has 0 amide bonds. The lowest BCUT2D eigenvalue weighted by Crippen LogP contribution is -2.37. The van der Waals surface area contributed by atoms with E-state index < -0.39 is 5.97 Å². The van der Waals surface area contributed by atoms with E-state index in [1.165, 1.54) is 5.69 Å². The number of carboxylic acids is 1. The van der Waals surface area contributed by atoms with Crippen molar-refractivity contribution < 1.29 is 14.6 Å². The molecule has 0 aliphatic rings. The third kappa shape index (κ3) is 5.95. The minimum absolute atomic E-state index is 0.0243. The summed E-state index contributed by atoms with van der Waals surface area (Å²) in [6, 6.07) is 24.6. The number of rotatable bonds is 10. The highest BCUT2D eigenvalue weighted by atomic mass is 16.5. The standard InChI is InChI=1S/C29H35NO3/c1-6-26(23-13-10-14-25(17-23)30(20(2)3)21(4)5)27-18-24(29(31)32)15-16-28(27)33-19-22-11-8-7-9-12-22/h7-18,20-21,26H,6,19H2,1-5H3,(H,31,32). The zero-order valence-corrected chi connectivity index (χ0v) is 20.3. The zero-order valence-electron chi connectivity index (χ0n) is 20.3. The summed E-state index contributed by atoms with van der Waals surface area (Å²) in [6.07, 6.45) is 0.831. The van der Waals surface area contributed by atoms with Crippen molar-refractivity contribution in [2.24, 2.45) is 0 Å². The molecule has 0 aromatic heterocycles. The number of carbonyl (C=O) groups is 1. The Kier molecular flexibility index (Phi) is 8.16.